The second kappa shape index (κ2) is 5.27. The van der Waals surface area contributed by atoms with Crippen LogP contribution in [0.4, 0.5) is 4.39 Å². The normalized spacial score (nSPS) is 10.0. The molecule has 0 aliphatic rings. The predicted octanol–water partition coefficient (Wildman–Crippen LogP) is 2.57. The van der Waals surface area contributed by atoms with Gasteiger partial charge in [-0.2, -0.15) is 0 Å². The summed E-state index contributed by atoms with van der Waals surface area (Å²) in [5.74, 6) is -0.360. The Kier molecular flexibility index (Phi) is 4.28. The van der Waals surface area contributed by atoms with Gasteiger partial charge in [0, 0.05) is 18.7 Å². The van der Waals surface area contributed by atoms with E-state index in [-0.39, 0.29) is 10.8 Å². The van der Waals surface area contributed by atoms with E-state index in [1.807, 2.05) is 0 Å². The molecule has 0 aliphatic carbocycles. The van der Waals surface area contributed by atoms with Crippen LogP contribution in [0.3, 0.4) is 0 Å². The van der Waals surface area contributed by atoms with E-state index >= 15 is 0 Å². The van der Waals surface area contributed by atoms with Gasteiger partial charge in [0.1, 0.15) is 5.82 Å². The quantitative estimate of drug-likeness (QED) is 0.615. The zero-order chi connectivity index (χ0) is 9.68. The van der Waals surface area contributed by atoms with Crippen molar-refractivity contribution in [3.05, 3.63) is 34.6 Å². The van der Waals surface area contributed by atoms with Crippen LogP contribution in [0.2, 0.25) is 5.02 Å². The van der Waals surface area contributed by atoms with Crippen LogP contribution >= 0.6 is 23.8 Å². The molecule has 0 aromatic heterocycles. The van der Waals surface area contributed by atoms with Gasteiger partial charge in [-0.05, 0) is 11.4 Å². The summed E-state index contributed by atoms with van der Waals surface area (Å²) in [5, 5.41) is 4.67. The fraction of sp³-hybridized carbons (Fsp3) is 0.222. The lowest BCUT2D eigenvalue weighted by Gasteiger charge is -2.04. The minimum absolute atomic E-state index is 0.154. The molecule has 4 heteroatoms. The summed E-state index contributed by atoms with van der Waals surface area (Å²) in [4.78, 5) is 0. The summed E-state index contributed by atoms with van der Waals surface area (Å²) in [6, 6.07) is 4.94. The molecule has 1 aromatic carbocycles. The van der Waals surface area contributed by atoms with Crippen molar-refractivity contribution in [2.75, 3.05) is 6.54 Å². The molecule has 0 fully saturated rings. The van der Waals surface area contributed by atoms with Crippen LogP contribution in [0.5, 0.6) is 0 Å². The van der Waals surface area contributed by atoms with Crippen molar-refractivity contribution >= 4 is 29.2 Å². The number of benzene rings is 1. The molecule has 1 rings (SSSR count). The van der Waals surface area contributed by atoms with Crippen molar-refractivity contribution in [1.29, 1.82) is 0 Å². The third-order valence-electron chi connectivity index (χ3n) is 1.57. The monoisotopic (exact) mass is 217 g/mol. The smallest absolute Gasteiger partial charge is 0.146 e. The fourth-order valence-electron chi connectivity index (χ4n) is 0.951. The molecule has 1 aromatic rings. The number of rotatable bonds is 4. The lowest BCUT2D eigenvalue weighted by Crippen LogP contribution is -2.15. The van der Waals surface area contributed by atoms with Gasteiger partial charge in [-0.15, -0.1) is 0 Å². The summed E-state index contributed by atoms with van der Waals surface area (Å²) in [7, 11) is 0. The van der Waals surface area contributed by atoms with Crippen LogP contribution < -0.4 is 5.32 Å². The highest BCUT2D eigenvalue weighted by Gasteiger charge is 2.04. The zero-order valence-corrected chi connectivity index (χ0v) is 8.46. The summed E-state index contributed by atoms with van der Waals surface area (Å²) in [5.41, 5.74) is 0.560. The van der Waals surface area contributed by atoms with Crippen LogP contribution in [0.1, 0.15) is 5.56 Å². The van der Waals surface area contributed by atoms with Gasteiger partial charge in [0.2, 0.25) is 0 Å². The van der Waals surface area contributed by atoms with Crippen LogP contribution in [-0.4, -0.2) is 11.9 Å². The Balaban J connectivity index is 2.65. The topological polar surface area (TPSA) is 12.0 Å². The van der Waals surface area contributed by atoms with Gasteiger partial charge in [-0.3, -0.25) is 0 Å². The average Bonchev–Trinajstić information content (AvgIpc) is 2.13. The SMILES string of the molecule is Fc1c(Cl)cccc1CNCC=S. The van der Waals surface area contributed by atoms with Gasteiger partial charge >= 0.3 is 0 Å². The molecule has 0 saturated heterocycles. The minimum Gasteiger partial charge on any atom is -0.308 e. The van der Waals surface area contributed by atoms with Crippen molar-refractivity contribution in [1.82, 2.24) is 5.32 Å². The predicted molar refractivity (Wildman–Crippen MR) is 56.8 cm³/mol. The second-order valence-corrected chi connectivity index (χ2v) is 3.25. The first-order valence-electron chi connectivity index (χ1n) is 3.83. The molecule has 70 valence electrons. The third kappa shape index (κ3) is 3.03. The number of halogens is 2. The standard InChI is InChI=1S/C9H9ClFNS/c10-8-3-1-2-7(9(8)11)6-12-4-5-13/h1-3,5,12H,4,6H2. The highest BCUT2D eigenvalue weighted by atomic mass is 35.5. The molecule has 0 unspecified atom stereocenters. The number of hydrogen-bond acceptors (Lipinski definition) is 2. The second-order valence-electron chi connectivity index (χ2n) is 2.51. The largest absolute Gasteiger partial charge is 0.308 e. The van der Waals surface area contributed by atoms with Crippen LogP contribution in [0.15, 0.2) is 18.2 Å². The fourth-order valence-corrected chi connectivity index (χ4v) is 1.26. The Hall–Kier alpha value is -0.510. The lowest BCUT2D eigenvalue weighted by atomic mass is 10.2. The van der Waals surface area contributed by atoms with Crippen molar-refractivity contribution < 1.29 is 4.39 Å². The molecule has 0 bridgehead atoms. The number of hydrogen-bond donors (Lipinski definition) is 1. The van der Waals surface area contributed by atoms with E-state index in [0.717, 1.165) is 0 Å². The number of nitrogens with one attached hydrogen (secondary N) is 1. The molecular weight excluding hydrogens is 209 g/mol. The van der Waals surface area contributed by atoms with E-state index in [2.05, 4.69) is 17.5 Å². The minimum atomic E-state index is -0.360. The third-order valence-corrected chi connectivity index (χ3v) is 2.03. The van der Waals surface area contributed by atoms with E-state index in [9.17, 15) is 4.39 Å². The zero-order valence-electron chi connectivity index (χ0n) is 6.89. The Labute approximate surface area is 86.9 Å². The molecule has 0 atom stereocenters. The Morgan fingerprint density at radius 3 is 3.00 bits per heavy atom. The molecular formula is C9H9ClFNS. The van der Waals surface area contributed by atoms with Crippen molar-refractivity contribution in [2.24, 2.45) is 0 Å². The van der Waals surface area contributed by atoms with Crippen molar-refractivity contribution in [2.45, 2.75) is 6.54 Å². The summed E-state index contributed by atoms with van der Waals surface area (Å²) >= 11 is 10.2. The summed E-state index contributed by atoms with van der Waals surface area (Å²) < 4.78 is 13.2. The molecule has 0 heterocycles. The molecule has 1 nitrogen and oxygen atoms in total. The highest BCUT2D eigenvalue weighted by molar-refractivity contribution is 7.79. The first kappa shape index (κ1) is 10.6. The molecule has 0 radical (unpaired) electrons. The van der Waals surface area contributed by atoms with Crippen molar-refractivity contribution in [3.8, 4) is 0 Å². The van der Waals surface area contributed by atoms with Gasteiger partial charge in [0.05, 0.1) is 5.02 Å². The molecule has 13 heavy (non-hydrogen) atoms. The van der Waals surface area contributed by atoms with Gasteiger partial charge in [0.15, 0.2) is 0 Å². The van der Waals surface area contributed by atoms with Crippen molar-refractivity contribution in [3.63, 3.8) is 0 Å². The van der Waals surface area contributed by atoms with Gasteiger partial charge in [0.25, 0.3) is 0 Å². The maximum Gasteiger partial charge on any atom is 0.146 e. The Morgan fingerprint density at radius 1 is 1.54 bits per heavy atom. The van der Waals surface area contributed by atoms with E-state index in [1.54, 1.807) is 17.5 Å². The molecule has 1 N–H and O–H groups in total. The van der Waals surface area contributed by atoms with Crippen LogP contribution in [0, 0.1) is 5.82 Å². The van der Waals surface area contributed by atoms with Crippen LogP contribution in [-0.2, 0) is 6.54 Å². The maximum absolute atomic E-state index is 13.2. The molecule has 0 saturated carbocycles. The van der Waals surface area contributed by atoms with Gasteiger partial charge in [-0.1, -0.05) is 36.0 Å². The Bertz CT molecular complexity index is 304. The summed E-state index contributed by atoms with van der Waals surface area (Å²) in [6.45, 7) is 1.03. The highest BCUT2D eigenvalue weighted by Crippen LogP contribution is 2.17. The van der Waals surface area contributed by atoms with E-state index in [0.29, 0.717) is 18.7 Å². The first-order valence-corrected chi connectivity index (χ1v) is 4.68. The lowest BCUT2D eigenvalue weighted by molar-refractivity contribution is 0.599. The molecule has 0 spiro atoms. The van der Waals surface area contributed by atoms with E-state index in [1.165, 1.54) is 6.07 Å². The molecule has 0 amide bonds. The van der Waals surface area contributed by atoms with E-state index < -0.39 is 0 Å². The van der Waals surface area contributed by atoms with Crippen LogP contribution in [0.25, 0.3) is 0 Å². The summed E-state index contributed by atoms with van der Waals surface area (Å²) in [6.07, 6.45) is 0. The number of thiocarbonyl (C=S) groups is 1. The molecule has 0 aliphatic heterocycles. The van der Waals surface area contributed by atoms with Gasteiger partial charge < -0.3 is 5.32 Å². The first-order chi connectivity index (χ1) is 6.25. The van der Waals surface area contributed by atoms with E-state index in [4.69, 9.17) is 11.6 Å². The maximum atomic E-state index is 13.2. The average molecular weight is 218 g/mol. The Morgan fingerprint density at radius 2 is 2.31 bits per heavy atom. The van der Waals surface area contributed by atoms with Gasteiger partial charge in [-0.25, -0.2) is 4.39 Å².